The standard InChI is InChI=1S/C23H24ClN3O3S2/c1-32(29,30)27-10-2-3-16-13-17(4-6-20(16)27)23(28)26-11-8-15(9-12-26)22-25-19-14-18(24)5-7-21(19)31-22/h4-7,13-15H,2-3,8-12H2,1H3. The molecule has 6 nitrogen and oxygen atoms in total. The van der Waals surface area contributed by atoms with Gasteiger partial charge in [-0.15, -0.1) is 11.3 Å². The van der Waals surface area contributed by atoms with Crippen molar-refractivity contribution >= 4 is 54.8 Å². The number of anilines is 1. The maximum absolute atomic E-state index is 13.2. The third kappa shape index (κ3) is 4.11. The Labute approximate surface area is 196 Å². The molecule has 9 heteroatoms. The van der Waals surface area contributed by atoms with E-state index in [-0.39, 0.29) is 5.91 Å². The average molecular weight is 490 g/mol. The molecule has 0 radical (unpaired) electrons. The van der Waals surface area contributed by atoms with Crippen molar-refractivity contribution in [1.29, 1.82) is 0 Å². The molecule has 1 aromatic heterocycles. The predicted molar refractivity (Wildman–Crippen MR) is 129 cm³/mol. The fourth-order valence-electron chi connectivity index (χ4n) is 4.65. The van der Waals surface area contributed by atoms with Crippen molar-refractivity contribution in [1.82, 2.24) is 9.88 Å². The number of hydrogen-bond donors (Lipinski definition) is 0. The molecule has 0 bridgehead atoms. The van der Waals surface area contributed by atoms with Crippen LogP contribution in [0.2, 0.25) is 5.02 Å². The van der Waals surface area contributed by atoms with E-state index in [1.807, 2.05) is 29.2 Å². The molecule has 0 N–H and O–H groups in total. The lowest BCUT2D eigenvalue weighted by Gasteiger charge is -2.32. The highest BCUT2D eigenvalue weighted by atomic mass is 35.5. The topological polar surface area (TPSA) is 70.6 Å². The van der Waals surface area contributed by atoms with Crippen LogP contribution in [0.15, 0.2) is 36.4 Å². The van der Waals surface area contributed by atoms with Gasteiger partial charge in [-0.2, -0.15) is 0 Å². The van der Waals surface area contributed by atoms with Gasteiger partial charge in [0.05, 0.1) is 27.2 Å². The highest BCUT2D eigenvalue weighted by Gasteiger charge is 2.28. The van der Waals surface area contributed by atoms with Crippen LogP contribution in [-0.4, -0.2) is 50.1 Å². The van der Waals surface area contributed by atoms with Crippen LogP contribution in [-0.2, 0) is 16.4 Å². The summed E-state index contributed by atoms with van der Waals surface area (Å²) in [4.78, 5) is 19.8. The van der Waals surface area contributed by atoms with Gasteiger partial charge in [-0.3, -0.25) is 9.10 Å². The van der Waals surface area contributed by atoms with Gasteiger partial charge in [0.25, 0.3) is 5.91 Å². The molecule has 0 aliphatic carbocycles. The number of aryl methyl sites for hydroxylation is 1. The Morgan fingerprint density at radius 2 is 1.91 bits per heavy atom. The number of thiazole rings is 1. The van der Waals surface area contributed by atoms with E-state index in [0.29, 0.717) is 41.8 Å². The summed E-state index contributed by atoms with van der Waals surface area (Å²) >= 11 is 7.80. The molecule has 1 fully saturated rings. The number of aromatic nitrogens is 1. The van der Waals surface area contributed by atoms with Gasteiger partial charge in [0, 0.05) is 36.1 Å². The summed E-state index contributed by atoms with van der Waals surface area (Å²) in [6, 6.07) is 11.2. The van der Waals surface area contributed by atoms with Gasteiger partial charge in [0.1, 0.15) is 0 Å². The lowest BCUT2D eigenvalue weighted by atomic mass is 9.96. The van der Waals surface area contributed by atoms with Crippen molar-refractivity contribution in [2.24, 2.45) is 0 Å². The van der Waals surface area contributed by atoms with Crippen molar-refractivity contribution in [2.75, 3.05) is 30.2 Å². The second-order valence-electron chi connectivity index (χ2n) is 8.51. The molecular weight excluding hydrogens is 466 g/mol. The normalized spacial score (nSPS) is 17.6. The van der Waals surface area contributed by atoms with Gasteiger partial charge in [-0.1, -0.05) is 11.6 Å². The van der Waals surface area contributed by atoms with Crippen LogP contribution in [0, 0.1) is 0 Å². The number of sulfonamides is 1. The molecular formula is C23H24ClN3O3S2. The molecule has 1 amide bonds. The van der Waals surface area contributed by atoms with E-state index in [9.17, 15) is 13.2 Å². The number of carbonyl (C=O) groups excluding carboxylic acids is 1. The zero-order valence-electron chi connectivity index (χ0n) is 17.8. The molecule has 0 saturated carbocycles. The minimum Gasteiger partial charge on any atom is -0.339 e. The Bertz CT molecular complexity index is 1300. The number of piperidine rings is 1. The largest absolute Gasteiger partial charge is 0.339 e. The molecule has 2 aliphatic rings. The zero-order valence-corrected chi connectivity index (χ0v) is 20.1. The minimum absolute atomic E-state index is 0.0128. The zero-order chi connectivity index (χ0) is 22.5. The van der Waals surface area contributed by atoms with Gasteiger partial charge < -0.3 is 4.90 Å². The van der Waals surface area contributed by atoms with Crippen LogP contribution >= 0.6 is 22.9 Å². The average Bonchev–Trinajstić information content (AvgIpc) is 3.20. The van der Waals surface area contributed by atoms with Gasteiger partial charge >= 0.3 is 0 Å². The Morgan fingerprint density at radius 3 is 2.66 bits per heavy atom. The SMILES string of the molecule is CS(=O)(=O)N1CCCc2cc(C(=O)N3CCC(c4nc5cc(Cl)ccc5s4)CC3)ccc21. The number of hydrogen-bond acceptors (Lipinski definition) is 5. The molecule has 1 saturated heterocycles. The van der Waals surface area contributed by atoms with Crippen molar-refractivity contribution in [2.45, 2.75) is 31.6 Å². The predicted octanol–water partition coefficient (Wildman–Crippen LogP) is 4.68. The van der Waals surface area contributed by atoms with Crippen LogP contribution in [0.5, 0.6) is 0 Å². The fraction of sp³-hybridized carbons (Fsp3) is 0.391. The van der Waals surface area contributed by atoms with Crippen LogP contribution in [0.1, 0.15) is 46.1 Å². The van der Waals surface area contributed by atoms with E-state index in [2.05, 4.69) is 0 Å². The first-order valence-electron chi connectivity index (χ1n) is 10.8. The van der Waals surface area contributed by atoms with E-state index in [1.54, 1.807) is 23.5 Å². The molecule has 3 heterocycles. The van der Waals surface area contributed by atoms with E-state index in [1.165, 1.54) is 10.6 Å². The molecule has 0 unspecified atom stereocenters. The summed E-state index contributed by atoms with van der Waals surface area (Å²) in [5.41, 5.74) is 3.20. The number of rotatable bonds is 3. The molecule has 32 heavy (non-hydrogen) atoms. The summed E-state index contributed by atoms with van der Waals surface area (Å²) < 4.78 is 26.7. The number of benzene rings is 2. The number of likely N-dealkylation sites (tertiary alicyclic amines) is 1. The Kier molecular flexibility index (Phi) is 5.63. The second kappa shape index (κ2) is 8.32. The molecule has 2 aromatic carbocycles. The van der Waals surface area contributed by atoms with Gasteiger partial charge in [0.15, 0.2) is 0 Å². The molecule has 2 aliphatic heterocycles. The lowest BCUT2D eigenvalue weighted by Crippen LogP contribution is -2.38. The van der Waals surface area contributed by atoms with E-state index < -0.39 is 10.0 Å². The molecule has 0 spiro atoms. The monoisotopic (exact) mass is 489 g/mol. The highest BCUT2D eigenvalue weighted by molar-refractivity contribution is 7.92. The smallest absolute Gasteiger partial charge is 0.253 e. The summed E-state index contributed by atoms with van der Waals surface area (Å²) in [6.07, 6.45) is 4.53. The van der Waals surface area contributed by atoms with Crippen molar-refractivity contribution in [3.05, 3.63) is 57.6 Å². The van der Waals surface area contributed by atoms with Crippen LogP contribution in [0.4, 0.5) is 5.69 Å². The molecule has 5 rings (SSSR count). The van der Waals surface area contributed by atoms with E-state index >= 15 is 0 Å². The Hall–Kier alpha value is -2.16. The van der Waals surface area contributed by atoms with E-state index in [4.69, 9.17) is 16.6 Å². The Balaban J connectivity index is 1.29. The van der Waals surface area contributed by atoms with Crippen LogP contribution < -0.4 is 4.31 Å². The third-order valence-electron chi connectivity index (χ3n) is 6.30. The number of halogens is 1. The molecule has 168 valence electrons. The van der Waals surface area contributed by atoms with Crippen molar-refractivity contribution in [3.8, 4) is 0 Å². The fourth-order valence-corrected chi connectivity index (χ4v) is 6.92. The first-order chi connectivity index (χ1) is 15.3. The highest BCUT2D eigenvalue weighted by Crippen LogP contribution is 2.35. The number of fused-ring (bicyclic) bond motifs is 2. The summed E-state index contributed by atoms with van der Waals surface area (Å²) in [6.45, 7) is 1.87. The van der Waals surface area contributed by atoms with Gasteiger partial charge in [-0.05, 0) is 67.6 Å². The number of carbonyl (C=O) groups is 1. The minimum atomic E-state index is -3.31. The van der Waals surface area contributed by atoms with Crippen LogP contribution in [0.25, 0.3) is 10.2 Å². The first kappa shape index (κ1) is 21.7. The van der Waals surface area contributed by atoms with Crippen LogP contribution in [0.3, 0.4) is 0 Å². The quantitative estimate of drug-likeness (QED) is 0.535. The molecule has 3 aromatic rings. The van der Waals surface area contributed by atoms with Gasteiger partial charge in [0.2, 0.25) is 10.0 Å². The first-order valence-corrected chi connectivity index (χ1v) is 13.8. The summed E-state index contributed by atoms with van der Waals surface area (Å²) in [5.74, 6) is 0.362. The van der Waals surface area contributed by atoms with Gasteiger partial charge in [-0.25, -0.2) is 13.4 Å². The molecule has 0 atom stereocenters. The summed E-state index contributed by atoms with van der Waals surface area (Å²) in [5, 5.41) is 1.81. The second-order valence-corrected chi connectivity index (χ2v) is 11.9. The van der Waals surface area contributed by atoms with E-state index in [0.717, 1.165) is 46.5 Å². The Morgan fingerprint density at radius 1 is 1.12 bits per heavy atom. The number of nitrogens with zero attached hydrogens (tertiary/aromatic N) is 3. The maximum Gasteiger partial charge on any atom is 0.253 e. The number of amides is 1. The maximum atomic E-state index is 13.2. The lowest BCUT2D eigenvalue weighted by molar-refractivity contribution is 0.0713. The third-order valence-corrected chi connectivity index (χ3v) is 8.91. The van der Waals surface area contributed by atoms with Crippen molar-refractivity contribution in [3.63, 3.8) is 0 Å². The van der Waals surface area contributed by atoms with Crippen molar-refractivity contribution < 1.29 is 13.2 Å². The summed E-state index contributed by atoms with van der Waals surface area (Å²) in [7, 11) is -3.31.